The van der Waals surface area contributed by atoms with Gasteiger partial charge >= 0.3 is 0 Å². The van der Waals surface area contributed by atoms with Crippen molar-refractivity contribution in [2.45, 2.75) is 46.6 Å². The molecule has 0 spiro atoms. The Labute approximate surface area is 94.0 Å². The molecule has 0 atom stereocenters. The fourth-order valence-corrected chi connectivity index (χ4v) is 1.29. The molecule has 0 aromatic rings. The largest absolute Gasteiger partial charge is 0.354 e. The Morgan fingerprint density at radius 2 is 1.93 bits per heavy atom. The quantitative estimate of drug-likeness (QED) is 0.353. The summed E-state index contributed by atoms with van der Waals surface area (Å²) >= 11 is 0. The maximum absolute atomic E-state index is 5.75. The van der Waals surface area contributed by atoms with Gasteiger partial charge in [-0.2, -0.15) is 5.06 Å². The maximum atomic E-state index is 5.75. The van der Waals surface area contributed by atoms with Crippen LogP contribution in [0.2, 0.25) is 0 Å². The van der Waals surface area contributed by atoms with E-state index in [0.29, 0.717) is 13.3 Å². The number of nitrogens with zero attached hydrogens (tertiary/aromatic N) is 1. The second kappa shape index (κ2) is 7.85. The third-order valence-electron chi connectivity index (χ3n) is 1.93. The highest BCUT2D eigenvalue weighted by Crippen LogP contribution is 2.11. The van der Waals surface area contributed by atoms with Crippen molar-refractivity contribution in [1.29, 1.82) is 0 Å². The van der Waals surface area contributed by atoms with Crippen molar-refractivity contribution in [2.75, 3.05) is 19.9 Å². The summed E-state index contributed by atoms with van der Waals surface area (Å²) in [6.07, 6.45) is 5.11. The van der Waals surface area contributed by atoms with E-state index in [-0.39, 0.29) is 5.60 Å². The molecule has 3 nitrogen and oxygen atoms in total. The highest BCUT2D eigenvalue weighted by Gasteiger charge is 2.15. The standard InChI is InChI=1S/C12H25NO2/c1-6-9-12(4,5)14-11-13(10-7-2)15-8-3/h6,9H,7-8,10-11H2,1-5H3/b9-6-. The average molecular weight is 215 g/mol. The van der Waals surface area contributed by atoms with Crippen molar-refractivity contribution < 1.29 is 9.57 Å². The first-order chi connectivity index (χ1) is 7.05. The zero-order valence-corrected chi connectivity index (χ0v) is 10.7. The summed E-state index contributed by atoms with van der Waals surface area (Å²) in [6.45, 7) is 12.3. The van der Waals surface area contributed by atoms with Crippen molar-refractivity contribution in [3.8, 4) is 0 Å². The van der Waals surface area contributed by atoms with Crippen LogP contribution in [-0.2, 0) is 9.57 Å². The fraction of sp³-hybridized carbons (Fsp3) is 0.833. The van der Waals surface area contributed by atoms with Crippen LogP contribution in [0.3, 0.4) is 0 Å². The monoisotopic (exact) mass is 215 g/mol. The van der Waals surface area contributed by atoms with Gasteiger partial charge in [-0.1, -0.05) is 19.1 Å². The Hall–Kier alpha value is -0.380. The van der Waals surface area contributed by atoms with Crippen LogP contribution in [0, 0.1) is 0 Å². The van der Waals surface area contributed by atoms with E-state index in [4.69, 9.17) is 9.57 Å². The molecule has 0 radical (unpaired) electrons. The van der Waals surface area contributed by atoms with Gasteiger partial charge in [0.25, 0.3) is 0 Å². The van der Waals surface area contributed by atoms with Crippen LogP contribution in [0.15, 0.2) is 12.2 Å². The van der Waals surface area contributed by atoms with Crippen molar-refractivity contribution in [1.82, 2.24) is 5.06 Å². The Kier molecular flexibility index (Phi) is 7.65. The van der Waals surface area contributed by atoms with Crippen LogP contribution in [0.1, 0.15) is 41.0 Å². The second-order valence-corrected chi connectivity index (χ2v) is 4.00. The minimum Gasteiger partial charge on any atom is -0.354 e. The van der Waals surface area contributed by atoms with E-state index in [9.17, 15) is 0 Å². The first-order valence-electron chi connectivity index (χ1n) is 5.71. The normalized spacial score (nSPS) is 12.9. The predicted molar refractivity (Wildman–Crippen MR) is 63.5 cm³/mol. The Bertz CT molecular complexity index is 172. The zero-order chi connectivity index (χ0) is 11.7. The second-order valence-electron chi connectivity index (χ2n) is 4.00. The summed E-state index contributed by atoms with van der Waals surface area (Å²) in [5, 5.41) is 1.87. The number of allylic oxidation sites excluding steroid dienone is 1. The Morgan fingerprint density at radius 3 is 2.40 bits per heavy atom. The number of hydroxylamine groups is 2. The summed E-state index contributed by atoms with van der Waals surface area (Å²) in [6, 6.07) is 0. The summed E-state index contributed by atoms with van der Waals surface area (Å²) in [5.74, 6) is 0. The molecule has 0 fully saturated rings. The van der Waals surface area contributed by atoms with Gasteiger partial charge in [0.1, 0.15) is 6.73 Å². The van der Waals surface area contributed by atoms with Gasteiger partial charge in [-0.15, -0.1) is 0 Å². The molecular formula is C12H25NO2. The lowest BCUT2D eigenvalue weighted by atomic mass is 10.1. The fourth-order valence-electron chi connectivity index (χ4n) is 1.29. The summed E-state index contributed by atoms with van der Waals surface area (Å²) in [7, 11) is 0. The SMILES string of the molecule is C/C=C\C(C)(C)OCN(CCC)OCC. The maximum Gasteiger partial charge on any atom is 0.123 e. The van der Waals surface area contributed by atoms with Crippen LogP contribution >= 0.6 is 0 Å². The lowest BCUT2D eigenvalue weighted by Crippen LogP contribution is -2.33. The number of rotatable bonds is 8. The third kappa shape index (κ3) is 7.54. The van der Waals surface area contributed by atoms with Gasteiger partial charge in [0, 0.05) is 6.54 Å². The number of hydrogen-bond acceptors (Lipinski definition) is 3. The Morgan fingerprint density at radius 1 is 1.27 bits per heavy atom. The molecule has 0 amide bonds. The third-order valence-corrected chi connectivity index (χ3v) is 1.93. The molecule has 3 heteroatoms. The lowest BCUT2D eigenvalue weighted by molar-refractivity contribution is -0.221. The molecule has 0 bridgehead atoms. The van der Waals surface area contributed by atoms with Gasteiger partial charge < -0.3 is 4.74 Å². The van der Waals surface area contributed by atoms with E-state index in [1.54, 1.807) is 0 Å². The van der Waals surface area contributed by atoms with Crippen molar-refractivity contribution in [3.05, 3.63) is 12.2 Å². The van der Waals surface area contributed by atoms with Crippen LogP contribution in [-0.4, -0.2) is 30.5 Å². The first kappa shape index (κ1) is 14.6. The van der Waals surface area contributed by atoms with E-state index in [0.717, 1.165) is 13.0 Å². The van der Waals surface area contributed by atoms with Crippen LogP contribution < -0.4 is 0 Å². The van der Waals surface area contributed by atoms with E-state index in [1.165, 1.54) is 0 Å². The summed E-state index contributed by atoms with van der Waals surface area (Å²) in [5.41, 5.74) is -0.224. The molecular weight excluding hydrogens is 190 g/mol. The van der Waals surface area contributed by atoms with E-state index < -0.39 is 0 Å². The molecule has 0 N–H and O–H groups in total. The molecule has 0 saturated heterocycles. The lowest BCUT2D eigenvalue weighted by Gasteiger charge is -2.27. The van der Waals surface area contributed by atoms with Gasteiger partial charge in [-0.3, -0.25) is 4.84 Å². The van der Waals surface area contributed by atoms with E-state index in [1.807, 2.05) is 44.9 Å². The number of ether oxygens (including phenoxy) is 1. The first-order valence-corrected chi connectivity index (χ1v) is 5.71. The van der Waals surface area contributed by atoms with Crippen LogP contribution in [0.25, 0.3) is 0 Å². The highest BCUT2D eigenvalue weighted by atomic mass is 16.7. The number of hydrogen-bond donors (Lipinski definition) is 0. The minimum atomic E-state index is -0.224. The molecule has 90 valence electrons. The topological polar surface area (TPSA) is 21.7 Å². The highest BCUT2D eigenvalue weighted by molar-refractivity contribution is 4.94. The summed E-state index contributed by atoms with van der Waals surface area (Å²) in [4.78, 5) is 5.44. The smallest absolute Gasteiger partial charge is 0.123 e. The molecule has 15 heavy (non-hydrogen) atoms. The van der Waals surface area contributed by atoms with Crippen LogP contribution in [0.4, 0.5) is 0 Å². The molecule has 0 rings (SSSR count). The molecule has 0 aliphatic heterocycles. The van der Waals surface area contributed by atoms with Crippen LogP contribution in [0.5, 0.6) is 0 Å². The van der Waals surface area contributed by atoms with Gasteiger partial charge in [0.15, 0.2) is 0 Å². The van der Waals surface area contributed by atoms with Crippen molar-refractivity contribution >= 4 is 0 Å². The Balaban J connectivity index is 3.96. The average Bonchev–Trinajstić information content (AvgIpc) is 2.15. The van der Waals surface area contributed by atoms with E-state index >= 15 is 0 Å². The summed E-state index contributed by atoms with van der Waals surface area (Å²) < 4.78 is 5.75. The molecule has 0 unspecified atom stereocenters. The zero-order valence-electron chi connectivity index (χ0n) is 10.7. The van der Waals surface area contributed by atoms with Gasteiger partial charge in [0.05, 0.1) is 12.2 Å². The van der Waals surface area contributed by atoms with Crippen molar-refractivity contribution in [2.24, 2.45) is 0 Å². The predicted octanol–water partition coefficient (Wildman–Crippen LogP) is 2.98. The molecule has 0 heterocycles. The van der Waals surface area contributed by atoms with E-state index in [2.05, 4.69) is 6.92 Å². The minimum absolute atomic E-state index is 0.224. The molecule has 0 aliphatic rings. The molecule has 0 saturated carbocycles. The van der Waals surface area contributed by atoms with Gasteiger partial charge in [-0.25, -0.2) is 0 Å². The van der Waals surface area contributed by atoms with Gasteiger partial charge in [-0.05, 0) is 34.1 Å². The molecule has 0 aromatic heterocycles. The molecule has 0 aromatic carbocycles. The van der Waals surface area contributed by atoms with Gasteiger partial charge in [0.2, 0.25) is 0 Å². The molecule has 0 aliphatic carbocycles. The van der Waals surface area contributed by atoms with Crippen molar-refractivity contribution in [3.63, 3.8) is 0 Å².